The number of benzene rings is 1. The van der Waals surface area contributed by atoms with E-state index in [-0.39, 0.29) is 24.0 Å². The molecule has 164 valence electrons. The number of carbonyl (C=O) groups excluding carboxylic acids is 2. The highest BCUT2D eigenvalue weighted by molar-refractivity contribution is 7.95. The number of amides is 2. The van der Waals surface area contributed by atoms with Crippen molar-refractivity contribution in [2.75, 3.05) is 39.3 Å². The van der Waals surface area contributed by atoms with Gasteiger partial charge in [-0.15, -0.1) is 4.31 Å². The van der Waals surface area contributed by atoms with E-state index in [1.54, 1.807) is 29.2 Å². The smallest absolute Gasteiger partial charge is 0.410 e. The minimum atomic E-state index is -3.52. The van der Waals surface area contributed by atoms with Crippen molar-refractivity contribution in [3.8, 4) is 0 Å². The lowest BCUT2D eigenvalue weighted by atomic mass is 9.94. The Labute approximate surface area is 178 Å². The number of cyclic esters (lactones) is 1. The van der Waals surface area contributed by atoms with E-state index in [1.165, 1.54) is 4.31 Å². The van der Waals surface area contributed by atoms with Crippen LogP contribution in [0.25, 0.3) is 0 Å². The van der Waals surface area contributed by atoms with Crippen LogP contribution in [0.3, 0.4) is 0 Å². The van der Waals surface area contributed by atoms with Crippen molar-refractivity contribution in [2.45, 2.75) is 43.5 Å². The van der Waals surface area contributed by atoms with Crippen LogP contribution in [0.1, 0.15) is 31.2 Å². The Morgan fingerprint density at radius 1 is 1.03 bits per heavy atom. The highest BCUT2D eigenvalue weighted by Gasteiger charge is 2.39. The van der Waals surface area contributed by atoms with Crippen molar-refractivity contribution in [1.29, 1.82) is 0 Å². The summed E-state index contributed by atoms with van der Waals surface area (Å²) in [4.78, 5) is 28.7. The number of likely N-dealkylation sites (tertiary alicyclic amines) is 1. The Morgan fingerprint density at radius 2 is 1.67 bits per heavy atom. The molecule has 0 bridgehead atoms. The number of ether oxygens (including phenoxy) is 1. The molecule has 1 unspecified atom stereocenters. The third-order valence-electron chi connectivity index (χ3n) is 6.47. The van der Waals surface area contributed by atoms with Gasteiger partial charge in [0.15, 0.2) is 15.3 Å². The summed E-state index contributed by atoms with van der Waals surface area (Å²) in [5.41, 5.74) is 1.02. The van der Waals surface area contributed by atoms with Gasteiger partial charge in [0.1, 0.15) is 6.61 Å². The third kappa shape index (κ3) is 4.24. The second kappa shape index (κ2) is 8.64. The Balaban J connectivity index is 1.29. The number of carbonyl (C=O) groups is 2. The molecule has 2 amide bonds. The molecule has 0 spiro atoms. The second-order valence-corrected chi connectivity index (χ2v) is 10.3. The van der Waals surface area contributed by atoms with Gasteiger partial charge in [0.2, 0.25) is 5.91 Å². The molecule has 1 aromatic carbocycles. The van der Waals surface area contributed by atoms with Crippen molar-refractivity contribution in [3.63, 3.8) is 0 Å². The summed E-state index contributed by atoms with van der Waals surface area (Å²) in [7, 11) is -3.52. The van der Waals surface area contributed by atoms with Crippen molar-refractivity contribution in [3.05, 3.63) is 29.8 Å². The van der Waals surface area contributed by atoms with Crippen LogP contribution in [0, 0.1) is 12.8 Å². The van der Waals surface area contributed by atoms with Gasteiger partial charge in [-0.05, 0) is 44.7 Å². The van der Waals surface area contributed by atoms with Crippen molar-refractivity contribution >= 4 is 22.4 Å². The van der Waals surface area contributed by atoms with Crippen LogP contribution in [0.2, 0.25) is 0 Å². The molecule has 9 heteroatoms. The molecule has 3 aliphatic heterocycles. The number of aryl methyl sites for hydroxylation is 1. The summed E-state index contributed by atoms with van der Waals surface area (Å²) in [6.07, 6.45) is 2.37. The minimum absolute atomic E-state index is 0.116. The largest absolute Gasteiger partial charge is 0.593 e. The lowest BCUT2D eigenvalue weighted by Crippen LogP contribution is -2.50. The maximum absolute atomic E-state index is 13.0. The summed E-state index contributed by atoms with van der Waals surface area (Å²) in [6, 6.07) is 7.03. The fraction of sp³-hybridized carbons (Fsp3) is 0.619. The van der Waals surface area contributed by atoms with Crippen molar-refractivity contribution in [2.24, 2.45) is 5.92 Å². The molecule has 4 rings (SSSR count). The fourth-order valence-electron chi connectivity index (χ4n) is 4.60. The fourth-order valence-corrected chi connectivity index (χ4v) is 6.07. The SMILES string of the molecule is Cc1ccc([S+](=O)([O-])N2CCC(C(=O)N3CCC(N4CCOC4=O)CC3)CC2)cc1. The topological polar surface area (TPSA) is 93.2 Å². The highest BCUT2D eigenvalue weighted by atomic mass is 32.3. The molecule has 8 nitrogen and oxygen atoms in total. The van der Waals surface area contributed by atoms with E-state index in [1.807, 2.05) is 11.8 Å². The van der Waals surface area contributed by atoms with Gasteiger partial charge in [0.25, 0.3) is 0 Å². The molecule has 0 aromatic heterocycles. The van der Waals surface area contributed by atoms with Gasteiger partial charge in [-0.2, -0.15) is 0 Å². The molecule has 30 heavy (non-hydrogen) atoms. The van der Waals surface area contributed by atoms with E-state index < -0.39 is 10.4 Å². The molecule has 3 fully saturated rings. The molecular formula is C21H29N3O5S. The Hall–Kier alpha value is -1.97. The molecule has 0 radical (unpaired) electrons. The van der Waals surface area contributed by atoms with E-state index in [4.69, 9.17) is 4.74 Å². The van der Waals surface area contributed by atoms with Gasteiger partial charge in [-0.1, -0.05) is 21.9 Å². The molecule has 1 aromatic rings. The lowest BCUT2D eigenvalue weighted by molar-refractivity contribution is -0.138. The number of hydrogen-bond acceptors (Lipinski definition) is 5. The van der Waals surface area contributed by atoms with E-state index in [9.17, 15) is 18.4 Å². The zero-order chi connectivity index (χ0) is 21.3. The summed E-state index contributed by atoms with van der Waals surface area (Å²) in [6.45, 7) is 5.00. The summed E-state index contributed by atoms with van der Waals surface area (Å²) in [5.74, 6) is -0.0207. The van der Waals surface area contributed by atoms with Gasteiger partial charge in [0, 0.05) is 38.1 Å². The zero-order valence-electron chi connectivity index (χ0n) is 17.3. The Morgan fingerprint density at radius 3 is 2.23 bits per heavy atom. The first-order chi connectivity index (χ1) is 14.4. The van der Waals surface area contributed by atoms with Gasteiger partial charge in [-0.25, -0.2) is 4.79 Å². The predicted molar refractivity (Wildman–Crippen MR) is 110 cm³/mol. The van der Waals surface area contributed by atoms with Crippen LogP contribution in [0.4, 0.5) is 4.79 Å². The molecule has 0 saturated carbocycles. The number of piperidine rings is 2. The van der Waals surface area contributed by atoms with Gasteiger partial charge in [-0.3, -0.25) is 4.79 Å². The van der Waals surface area contributed by atoms with Gasteiger partial charge < -0.3 is 19.1 Å². The van der Waals surface area contributed by atoms with E-state index in [0.29, 0.717) is 57.1 Å². The summed E-state index contributed by atoms with van der Waals surface area (Å²) in [5, 5.41) is 0. The van der Waals surface area contributed by atoms with Crippen LogP contribution in [-0.4, -0.2) is 76.0 Å². The van der Waals surface area contributed by atoms with E-state index >= 15 is 0 Å². The molecule has 0 N–H and O–H groups in total. The molecule has 1 atom stereocenters. The first kappa shape index (κ1) is 21.3. The van der Waals surface area contributed by atoms with Crippen LogP contribution in [0.5, 0.6) is 0 Å². The Kier molecular flexibility index (Phi) is 6.13. The quantitative estimate of drug-likeness (QED) is 0.675. The van der Waals surface area contributed by atoms with Gasteiger partial charge in [0.05, 0.1) is 6.54 Å². The first-order valence-electron chi connectivity index (χ1n) is 10.7. The summed E-state index contributed by atoms with van der Waals surface area (Å²) < 4.78 is 32.2. The average molecular weight is 436 g/mol. The van der Waals surface area contributed by atoms with Crippen molar-refractivity contribution < 1.29 is 23.1 Å². The molecule has 3 aliphatic rings. The normalized spacial score (nSPS) is 24.0. The highest BCUT2D eigenvalue weighted by Crippen LogP contribution is 2.29. The zero-order valence-corrected chi connectivity index (χ0v) is 18.1. The van der Waals surface area contributed by atoms with Crippen LogP contribution in [-0.2, 0) is 24.1 Å². The number of hydrogen-bond donors (Lipinski definition) is 0. The third-order valence-corrected chi connectivity index (χ3v) is 8.38. The number of nitrogens with zero attached hydrogens (tertiary/aromatic N) is 3. The monoisotopic (exact) mass is 435 g/mol. The average Bonchev–Trinajstić information content (AvgIpc) is 3.19. The van der Waals surface area contributed by atoms with Crippen molar-refractivity contribution in [1.82, 2.24) is 14.1 Å². The number of rotatable bonds is 4. The minimum Gasteiger partial charge on any atom is -0.593 e. The summed E-state index contributed by atoms with van der Waals surface area (Å²) >= 11 is 0. The standard InChI is InChI=1S/C21H29N3O5S/c1-16-2-4-19(5-3-16)30(27,28)23-12-6-17(7-13-23)20(25)22-10-8-18(9-11-22)24-14-15-29-21(24)26/h2-5,17-18H,6-15H2,1H3. The molecular weight excluding hydrogens is 406 g/mol. The Bertz CT molecular complexity index is 830. The first-order valence-corrected chi connectivity index (χ1v) is 12.1. The second-order valence-electron chi connectivity index (χ2n) is 8.36. The van der Waals surface area contributed by atoms with Crippen LogP contribution < -0.4 is 0 Å². The maximum Gasteiger partial charge on any atom is 0.410 e. The molecule has 3 saturated heterocycles. The molecule has 3 heterocycles. The van der Waals surface area contributed by atoms with Crippen LogP contribution >= 0.6 is 0 Å². The van der Waals surface area contributed by atoms with E-state index in [0.717, 1.165) is 18.4 Å². The van der Waals surface area contributed by atoms with Crippen LogP contribution in [0.15, 0.2) is 29.2 Å². The maximum atomic E-state index is 13.0. The number of sulfonamides is 1. The molecule has 0 aliphatic carbocycles. The lowest BCUT2D eigenvalue weighted by Gasteiger charge is -2.39. The van der Waals surface area contributed by atoms with Gasteiger partial charge >= 0.3 is 6.09 Å². The predicted octanol–water partition coefficient (Wildman–Crippen LogP) is 2.05. The van der Waals surface area contributed by atoms with E-state index in [2.05, 4.69) is 0 Å².